The van der Waals surface area contributed by atoms with Crippen LogP contribution in [0.2, 0.25) is 0 Å². The van der Waals surface area contributed by atoms with Crippen molar-refractivity contribution in [2.45, 2.75) is 84.3 Å². The predicted molar refractivity (Wildman–Crippen MR) is 123 cm³/mol. The maximum Gasteiger partial charge on any atom is 0.338 e. The van der Waals surface area contributed by atoms with E-state index in [1.54, 1.807) is 12.1 Å². The largest absolute Gasteiger partial charge is 0.463 e. The van der Waals surface area contributed by atoms with Gasteiger partial charge in [0.2, 0.25) is 0 Å². The lowest BCUT2D eigenvalue weighted by molar-refractivity contribution is -0.168. The first-order valence-electron chi connectivity index (χ1n) is 12.7. The molecule has 0 aromatic heterocycles. The molecule has 1 aromatic rings. The van der Waals surface area contributed by atoms with Crippen LogP contribution in [0.3, 0.4) is 0 Å². The number of carbonyl (C=O) groups excluding carboxylic acids is 3. The lowest BCUT2D eigenvalue weighted by atomic mass is 9.45. The van der Waals surface area contributed by atoms with Gasteiger partial charge in [-0.25, -0.2) is 4.79 Å². The average molecular weight is 453 g/mol. The van der Waals surface area contributed by atoms with Crippen LogP contribution in [-0.4, -0.2) is 29.9 Å². The fraction of sp³-hybridized carbons (Fsp3) is 0.679. The molecule has 4 aliphatic rings. The fourth-order valence-corrected chi connectivity index (χ4v) is 8.15. The van der Waals surface area contributed by atoms with E-state index < -0.39 is 0 Å². The summed E-state index contributed by atoms with van der Waals surface area (Å²) in [7, 11) is 0. The third-order valence-electron chi connectivity index (χ3n) is 9.93. The quantitative estimate of drug-likeness (QED) is 0.577. The molecule has 33 heavy (non-hydrogen) atoms. The summed E-state index contributed by atoms with van der Waals surface area (Å²) in [6.07, 6.45) is 6.92. The highest BCUT2D eigenvalue weighted by Crippen LogP contribution is 2.65. The number of ketones is 1. The summed E-state index contributed by atoms with van der Waals surface area (Å²) in [6.45, 7) is 6.11. The average Bonchev–Trinajstić information content (AvgIpc) is 3.11. The molecule has 0 N–H and O–H groups in total. The number of esters is 2. The van der Waals surface area contributed by atoms with Gasteiger partial charge in [-0.05, 0) is 80.2 Å². The van der Waals surface area contributed by atoms with Gasteiger partial charge in [0.1, 0.15) is 18.0 Å². The van der Waals surface area contributed by atoms with E-state index in [2.05, 4.69) is 13.8 Å². The zero-order chi connectivity index (χ0) is 23.4. The lowest BCUT2D eigenvalue weighted by Gasteiger charge is -2.59. The van der Waals surface area contributed by atoms with Gasteiger partial charge in [-0.15, -0.1) is 0 Å². The van der Waals surface area contributed by atoms with Crippen molar-refractivity contribution in [3.8, 4) is 0 Å². The van der Waals surface area contributed by atoms with Crippen molar-refractivity contribution in [2.75, 3.05) is 0 Å². The molecule has 0 aliphatic heterocycles. The molecule has 0 bridgehead atoms. The molecule has 5 nitrogen and oxygen atoms in total. The van der Waals surface area contributed by atoms with Crippen molar-refractivity contribution >= 4 is 17.7 Å². The molecule has 5 rings (SSSR count). The Kier molecular flexibility index (Phi) is 5.65. The zero-order valence-corrected chi connectivity index (χ0v) is 20.0. The van der Waals surface area contributed by atoms with Crippen molar-refractivity contribution in [3.63, 3.8) is 0 Å². The van der Waals surface area contributed by atoms with Crippen LogP contribution < -0.4 is 0 Å². The summed E-state index contributed by atoms with van der Waals surface area (Å²) in [5, 5.41) is 0. The minimum atomic E-state index is -0.254. The van der Waals surface area contributed by atoms with Gasteiger partial charge in [0, 0.05) is 24.7 Å². The first kappa shape index (κ1) is 22.6. The van der Waals surface area contributed by atoms with E-state index in [1.807, 2.05) is 18.2 Å². The molecule has 4 aliphatic carbocycles. The standard InChI is InChI=1S/C28H36O5/c1-17(29)32-20-11-13-27(2)19(15-20)16-23(30)25-21-9-10-24(28(21,3)14-12-22(25)27)33-26(31)18-7-5-4-6-8-18/h4-8,19-22,24-25H,9-16H2,1-3H3. The van der Waals surface area contributed by atoms with Crippen molar-refractivity contribution in [2.24, 2.45) is 34.5 Å². The molecular weight excluding hydrogens is 416 g/mol. The smallest absolute Gasteiger partial charge is 0.338 e. The van der Waals surface area contributed by atoms with Crippen molar-refractivity contribution in [1.82, 2.24) is 0 Å². The highest BCUT2D eigenvalue weighted by Gasteiger charge is 2.63. The van der Waals surface area contributed by atoms with Crippen LogP contribution in [0.4, 0.5) is 0 Å². The van der Waals surface area contributed by atoms with E-state index in [-0.39, 0.29) is 46.8 Å². The Bertz CT molecular complexity index is 941. The van der Waals surface area contributed by atoms with Crippen LogP contribution in [0.15, 0.2) is 30.3 Å². The maximum absolute atomic E-state index is 13.6. The van der Waals surface area contributed by atoms with E-state index in [4.69, 9.17) is 9.47 Å². The molecule has 0 saturated heterocycles. The summed E-state index contributed by atoms with van der Waals surface area (Å²) in [5.74, 6) is 0.925. The lowest BCUT2D eigenvalue weighted by Crippen LogP contribution is -2.58. The number of carbonyl (C=O) groups is 3. The zero-order valence-electron chi connectivity index (χ0n) is 20.0. The van der Waals surface area contributed by atoms with Crippen LogP contribution in [-0.2, 0) is 19.1 Å². The molecule has 1 aromatic carbocycles. The number of fused-ring (bicyclic) bond motifs is 5. The molecule has 4 fully saturated rings. The summed E-state index contributed by atoms with van der Waals surface area (Å²) in [4.78, 5) is 37.8. The number of Topliss-reactive ketones (excluding diaryl/α,β-unsaturated/α-hetero) is 1. The molecule has 4 saturated carbocycles. The summed E-state index contributed by atoms with van der Waals surface area (Å²) in [5.41, 5.74) is 0.571. The van der Waals surface area contributed by atoms with Crippen LogP contribution >= 0.6 is 0 Å². The monoisotopic (exact) mass is 452 g/mol. The Hall–Kier alpha value is -2.17. The SMILES string of the molecule is CC(=O)OC1CCC2(C)C(CC(=O)C3C2CCC2(C)C(OC(=O)c4ccccc4)CCC32)C1. The highest BCUT2D eigenvalue weighted by atomic mass is 16.5. The topological polar surface area (TPSA) is 69.7 Å². The molecule has 8 unspecified atom stereocenters. The maximum atomic E-state index is 13.6. The van der Waals surface area contributed by atoms with E-state index in [9.17, 15) is 14.4 Å². The Labute approximate surface area is 196 Å². The molecule has 178 valence electrons. The van der Waals surface area contributed by atoms with Gasteiger partial charge in [-0.2, -0.15) is 0 Å². The van der Waals surface area contributed by atoms with Gasteiger partial charge in [0.25, 0.3) is 0 Å². The van der Waals surface area contributed by atoms with Gasteiger partial charge in [0.05, 0.1) is 5.56 Å². The minimum absolute atomic E-state index is 0.0490. The van der Waals surface area contributed by atoms with E-state index in [1.165, 1.54) is 6.92 Å². The number of rotatable bonds is 3. The first-order valence-corrected chi connectivity index (χ1v) is 12.7. The van der Waals surface area contributed by atoms with Gasteiger partial charge in [-0.1, -0.05) is 32.0 Å². The summed E-state index contributed by atoms with van der Waals surface area (Å²) in [6, 6.07) is 9.20. The second-order valence-corrected chi connectivity index (χ2v) is 11.5. The summed E-state index contributed by atoms with van der Waals surface area (Å²) < 4.78 is 11.6. The molecule has 8 atom stereocenters. The van der Waals surface area contributed by atoms with Gasteiger partial charge >= 0.3 is 11.9 Å². The van der Waals surface area contributed by atoms with Crippen molar-refractivity contribution < 1.29 is 23.9 Å². The van der Waals surface area contributed by atoms with Gasteiger partial charge in [0.15, 0.2) is 0 Å². The Morgan fingerprint density at radius 1 is 0.909 bits per heavy atom. The van der Waals surface area contributed by atoms with Gasteiger partial charge < -0.3 is 9.47 Å². The van der Waals surface area contributed by atoms with Crippen LogP contribution in [0.1, 0.15) is 82.5 Å². The molecule has 0 spiro atoms. The molecular formula is C28H36O5. The third kappa shape index (κ3) is 3.72. The molecule has 0 radical (unpaired) electrons. The van der Waals surface area contributed by atoms with Crippen molar-refractivity contribution in [3.05, 3.63) is 35.9 Å². The normalized spacial score (nSPS) is 42.0. The molecule has 0 amide bonds. The number of ether oxygens (including phenoxy) is 2. The second kappa shape index (κ2) is 8.25. The predicted octanol–water partition coefficient (Wildman–Crippen LogP) is 5.37. The Morgan fingerprint density at radius 2 is 1.61 bits per heavy atom. The van der Waals surface area contributed by atoms with Crippen LogP contribution in [0.5, 0.6) is 0 Å². The number of hydrogen-bond donors (Lipinski definition) is 0. The Morgan fingerprint density at radius 3 is 2.33 bits per heavy atom. The minimum Gasteiger partial charge on any atom is -0.463 e. The van der Waals surface area contributed by atoms with E-state index in [0.29, 0.717) is 29.6 Å². The van der Waals surface area contributed by atoms with Crippen LogP contribution in [0.25, 0.3) is 0 Å². The third-order valence-corrected chi connectivity index (χ3v) is 9.93. The highest BCUT2D eigenvalue weighted by molar-refractivity contribution is 5.89. The second-order valence-electron chi connectivity index (χ2n) is 11.5. The summed E-state index contributed by atoms with van der Waals surface area (Å²) >= 11 is 0. The number of hydrogen-bond acceptors (Lipinski definition) is 5. The van der Waals surface area contributed by atoms with E-state index >= 15 is 0 Å². The van der Waals surface area contributed by atoms with Crippen LogP contribution in [0, 0.1) is 34.5 Å². The molecule has 5 heteroatoms. The Balaban J connectivity index is 1.34. The van der Waals surface area contributed by atoms with Gasteiger partial charge in [-0.3, -0.25) is 9.59 Å². The van der Waals surface area contributed by atoms with E-state index in [0.717, 1.165) is 44.9 Å². The number of benzene rings is 1. The van der Waals surface area contributed by atoms with Crippen molar-refractivity contribution in [1.29, 1.82) is 0 Å². The fourth-order valence-electron chi connectivity index (χ4n) is 8.15. The molecule has 0 heterocycles. The first-order chi connectivity index (χ1) is 15.7.